The Morgan fingerprint density at radius 3 is 2.41 bits per heavy atom. The first-order valence-corrected chi connectivity index (χ1v) is 6.26. The largest absolute Gasteiger partial charge is 0.395 e. The molecule has 96 valence electrons. The highest BCUT2D eigenvalue weighted by atomic mass is 16.3. The van der Waals surface area contributed by atoms with Crippen LogP contribution in [0.25, 0.3) is 0 Å². The minimum atomic E-state index is 0.182. The third kappa shape index (κ3) is 5.20. The van der Waals surface area contributed by atoms with Gasteiger partial charge in [-0.2, -0.15) is 0 Å². The lowest BCUT2D eigenvalue weighted by Crippen LogP contribution is -2.39. The molecule has 1 rings (SSSR count). The summed E-state index contributed by atoms with van der Waals surface area (Å²) in [5, 5.41) is 12.6. The molecule has 1 atom stereocenters. The molecular formula is C14H24N2O. The fourth-order valence-corrected chi connectivity index (χ4v) is 1.86. The van der Waals surface area contributed by atoms with E-state index in [9.17, 15) is 5.11 Å². The molecule has 0 amide bonds. The Bertz CT molecular complexity index is 300. The van der Waals surface area contributed by atoms with Gasteiger partial charge in [-0.25, -0.2) is 0 Å². The average Bonchev–Trinajstić information content (AvgIpc) is 2.34. The van der Waals surface area contributed by atoms with Crippen molar-refractivity contribution in [2.75, 3.05) is 25.1 Å². The SMILES string of the molecule is CC(C)NC(CO)CCN(C)c1ccccc1. The van der Waals surface area contributed by atoms with Crippen LogP contribution < -0.4 is 10.2 Å². The van der Waals surface area contributed by atoms with Crippen molar-refractivity contribution in [2.45, 2.75) is 32.4 Å². The van der Waals surface area contributed by atoms with Crippen molar-refractivity contribution >= 4 is 5.69 Å². The molecule has 0 radical (unpaired) electrons. The number of hydrogen-bond donors (Lipinski definition) is 2. The second kappa shape index (κ2) is 7.30. The van der Waals surface area contributed by atoms with Crippen molar-refractivity contribution in [1.29, 1.82) is 0 Å². The van der Waals surface area contributed by atoms with Crippen LogP contribution in [0.1, 0.15) is 20.3 Å². The topological polar surface area (TPSA) is 35.5 Å². The minimum Gasteiger partial charge on any atom is -0.395 e. The second-order valence-corrected chi connectivity index (χ2v) is 4.75. The lowest BCUT2D eigenvalue weighted by Gasteiger charge is -2.24. The standard InChI is InChI=1S/C14H24N2O/c1-12(2)15-13(11-17)9-10-16(3)14-7-5-4-6-8-14/h4-8,12-13,15,17H,9-11H2,1-3H3. The summed E-state index contributed by atoms with van der Waals surface area (Å²) in [4.78, 5) is 2.21. The summed E-state index contributed by atoms with van der Waals surface area (Å²) in [6.45, 7) is 5.34. The number of hydrogen-bond acceptors (Lipinski definition) is 3. The minimum absolute atomic E-state index is 0.182. The van der Waals surface area contributed by atoms with Gasteiger partial charge in [0.2, 0.25) is 0 Å². The molecule has 0 aromatic heterocycles. The van der Waals surface area contributed by atoms with Crippen molar-refractivity contribution < 1.29 is 5.11 Å². The van der Waals surface area contributed by atoms with Gasteiger partial charge < -0.3 is 15.3 Å². The van der Waals surface area contributed by atoms with E-state index in [0.29, 0.717) is 6.04 Å². The normalized spacial score (nSPS) is 12.8. The molecule has 0 saturated heterocycles. The van der Waals surface area contributed by atoms with E-state index in [2.05, 4.69) is 43.2 Å². The Kier molecular flexibility index (Phi) is 6.01. The Morgan fingerprint density at radius 2 is 1.88 bits per heavy atom. The number of aliphatic hydroxyl groups excluding tert-OH is 1. The Labute approximate surface area is 104 Å². The van der Waals surface area contributed by atoms with E-state index in [1.807, 2.05) is 18.2 Å². The van der Waals surface area contributed by atoms with E-state index in [-0.39, 0.29) is 12.6 Å². The predicted molar refractivity (Wildman–Crippen MR) is 73.5 cm³/mol. The van der Waals surface area contributed by atoms with Gasteiger partial charge in [-0.15, -0.1) is 0 Å². The maximum Gasteiger partial charge on any atom is 0.0585 e. The zero-order valence-corrected chi connectivity index (χ0v) is 11.1. The van der Waals surface area contributed by atoms with Gasteiger partial charge >= 0.3 is 0 Å². The van der Waals surface area contributed by atoms with Crippen LogP contribution in [-0.4, -0.2) is 37.4 Å². The summed E-state index contributed by atoms with van der Waals surface area (Å²) in [5.41, 5.74) is 1.22. The fraction of sp³-hybridized carbons (Fsp3) is 0.571. The molecule has 0 saturated carbocycles. The monoisotopic (exact) mass is 236 g/mol. The van der Waals surface area contributed by atoms with Gasteiger partial charge in [0.05, 0.1) is 6.61 Å². The average molecular weight is 236 g/mol. The van der Waals surface area contributed by atoms with Crippen molar-refractivity contribution in [3.63, 3.8) is 0 Å². The van der Waals surface area contributed by atoms with E-state index < -0.39 is 0 Å². The Hall–Kier alpha value is -1.06. The van der Waals surface area contributed by atoms with Crippen molar-refractivity contribution in [2.24, 2.45) is 0 Å². The smallest absolute Gasteiger partial charge is 0.0585 e. The van der Waals surface area contributed by atoms with E-state index in [0.717, 1.165) is 13.0 Å². The van der Waals surface area contributed by atoms with Crippen LogP contribution in [0, 0.1) is 0 Å². The number of nitrogens with zero attached hydrogens (tertiary/aromatic N) is 1. The molecule has 1 unspecified atom stereocenters. The van der Waals surface area contributed by atoms with Crippen LogP contribution in [0.2, 0.25) is 0 Å². The molecule has 0 aliphatic carbocycles. The molecule has 0 aliphatic heterocycles. The Morgan fingerprint density at radius 1 is 1.24 bits per heavy atom. The summed E-state index contributed by atoms with van der Waals surface area (Å²) >= 11 is 0. The van der Waals surface area contributed by atoms with E-state index in [1.54, 1.807) is 0 Å². The van der Waals surface area contributed by atoms with Crippen molar-refractivity contribution in [3.05, 3.63) is 30.3 Å². The van der Waals surface area contributed by atoms with E-state index in [4.69, 9.17) is 0 Å². The summed E-state index contributed by atoms with van der Waals surface area (Å²) in [6.07, 6.45) is 0.945. The van der Waals surface area contributed by atoms with Crippen LogP contribution in [0.5, 0.6) is 0 Å². The van der Waals surface area contributed by atoms with Gasteiger partial charge in [0.1, 0.15) is 0 Å². The molecular weight excluding hydrogens is 212 g/mol. The number of rotatable bonds is 7. The first-order chi connectivity index (χ1) is 8.13. The van der Waals surface area contributed by atoms with E-state index >= 15 is 0 Å². The van der Waals surface area contributed by atoms with Gasteiger partial charge in [0.15, 0.2) is 0 Å². The number of anilines is 1. The van der Waals surface area contributed by atoms with Crippen LogP contribution in [0.4, 0.5) is 5.69 Å². The molecule has 2 N–H and O–H groups in total. The molecule has 0 bridgehead atoms. The summed E-state index contributed by atoms with van der Waals surface area (Å²) in [6, 6.07) is 10.9. The molecule has 1 aromatic rings. The van der Waals surface area contributed by atoms with Crippen LogP contribution in [0.15, 0.2) is 30.3 Å². The molecule has 0 heterocycles. The highest BCUT2D eigenvalue weighted by Gasteiger charge is 2.09. The molecule has 1 aromatic carbocycles. The molecule has 17 heavy (non-hydrogen) atoms. The van der Waals surface area contributed by atoms with Gasteiger partial charge in [-0.3, -0.25) is 0 Å². The Balaban J connectivity index is 2.39. The van der Waals surface area contributed by atoms with Crippen LogP contribution in [-0.2, 0) is 0 Å². The zero-order chi connectivity index (χ0) is 12.7. The molecule has 0 aliphatic rings. The highest BCUT2D eigenvalue weighted by Crippen LogP contribution is 2.11. The maximum absolute atomic E-state index is 9.28. The summed E-state index contributed by atoms with van der Waals surface area (Å²) < 4.78 is 0. The number of benzene rings is 1. The lowest BCUT2D eigenvalue weighted by atomic mass is 10.2. The zero-order valence-electron chi connectivity index (χ0n) is 11.1. The van der Waals surface area contributed by atoms with Gasteiger partial charge in [-0.1, -0.05) is 32.0 Å². The third-order valence-electron chi connectivity index (χ3n) is 2.80. The predicted octanol–water partition coefficient (Wildman–Crippen LogP) is 1.87. The first-order valence-electron chi connectivity index (χ1n) is 6.26. The number of para-hydroxylation sites is 1. The first kappa shape index (κ1) is 14.0. The lowest BCUT2D eigenvalue weighted by molar-refractivity contribution is 0.229. The van der Waals surface area contributed by atoms with Gasteiger partial charge in [-0.05, 0) is 18.6 Å². The molecule has 0 spiro atoms. The van der Waals surface area contributed by atoms with E-state index in [1.165, 1.54) is 5.69 Å². The number of nitrogens with one attached hydrogen (secondary N) is 1. The fourth-order valence-electron chi connectivity index (χ4n) is 1.86. The number of aliphatic hydroxyl groups is 1. The second-order valence-electron chi connectivity index (χ2n) is 4.75. The highest BCUT2D eigenvalue weighted by molar-refractivity contribution is 5.44. The van der Waals surface area contributed by atoms with Crippen molar-refractivity contribution in [3.8, 4) is 0 Å². The molecule has 3 heteroatoms. The quantitative estimate of drug-likeness (QED) is 0.758. The summed E-state index contributed by atoms with van der Waals surface area (Å²) in [7, 11) is 2.08. The van der Waals surface area contributed by atoms with Gasteiger partial charge in [0.25, 0.3) is 0 Å². The molecule has 0 fully saturated rings. The summed E-state index contributed by atoms with van der Waals surface area (Å²) in [5.74, 6) is 0. The van der Waals surface area contributed by atoms with Crippen LogP contribution >= 0.6 is 0 Å². The van der Waals surface area contributed by atoms with Gasteiger partial charge in [0, 0.05) is 31.4 Å². The third-order valence-corrected chi connectivity index (χ3v) is 2.80. The van der Waals surface area contributed by atoms with Crippen molar-refractivity contribution in [1.82, 2.24) is 5.32 Å². The molecule has 3 nitrogen and oxygen atoms in total. The van der Waals surface area contributed by atoms with Crippen LogP contribution in [0.3, 0.4) is 0 Å². The maximum atomic E-state index is 9.28.